The van der Waals surface area contributed by atoms with Crippen LogP contribution < -0.4 is 0 Å². The SMILES string of the molecule is CCCCC(C)[C@@H](/C=C/[C@@H]1[C@@H](C/C=C\CCCC(=O)OC)[C@@H](O)C[C@H]1OC1CCCCO1)OC1CCCCO1. The molecule has 224 valence electrons. The number of ether oxygens (including phenoxy) is 5. The zero-order chi connectivity index (χ0) is 27.9. The van der Waals surface area contributed by atoms with Gasteiger partial charge in [-0.3, -0.25) is 4.79 Å². The number of methoxy groups -OCH3 is 1. The van der Waals surface area contributed by atoms with E-state index in [4.69, 9.17) is 23.7 Å². The minimum Gasteiger partial charge on any atom is -0.469 e. The molecule has 0 aromatic heterocycles. The number of hydrogen-bond donors (Lipinski definition) is 1. The molecule has 1 saturated carbocycles. The van der Waals surface area contributed by atoms with Crippen molar-refractivity contribution in [1.82, 2.24) is 0 Å². The molecule has 2 saturated heterocycles. The molecule has 3 rings (SSSR count). The Morgan fingerprint density at radius 3 is 2.46 bits per heavy atom. The number of unbranched alkanes of at least 4 members (excludes halogenated alkanes) is 2. The maximum absolute atomic E-state index is 11.4. The Labute approximate surface area is 236 Å². The van der Waals surface area contributed by atoms with Gasteiger partial charge in [0.25, 0.3) is 0 Å². The first-order valence-electron chi connectivity index (χ1n) is 15.6. The van der Waals surface area contributed by atoms with E-state index in [1.165, 1.54) is 20.0 Å². The lowest BCUT2D eigenvalue weighted by Crippen LogP contribution is -2.32. The molecule has 1 aliphatic carbocycles. The van der Waals surface area contributed by atoms with Crippen LogP contribution in [0.3, 0.4) is 0 Å². The van der Waals surface area contributed by atoms with Crippen molar-refractivity contribution in [2.24, 2.45) is 17.8 Å². The summed E-state index contributed by atoms with van der Waals surface area (Å²) in [5, 5.41) is 11.1. The van der Waals surface area contributed by atoms with E-state index in [1.54, 1.807) is 0 Å². The van der Waals surface area contributed by atoms with Crippen LogP contribution in [0.15, 0.2) is 24.3 Å². The first-order valence-corrected chi connectivity index (χ1v) is 15.6. The second-order valence-electron chi connectivity index (χ2n) is 11.6. The van der Waals surface area contributed by atoms with Crippen molar-refractivity contribution in [1.29, 1.82) is 0 Å². The summed E-state index contributed by atoms with van der Waals surface area (Å²) in [7, 11) is 1.42. The molecule has 0 spiro atoms. The topological polar surface area (TPSA) is 83.5 Å². The number of allylic oxidation sites excluding steroid dienone is 2. The molecule has 1 N–H and O–H groups in total. The van der Waals surface area contributed by atoms with Gasteiger partial charge in [-0.05, 0) is 76.0 Å². The van der Waals surface area contributed by atoms with E-state index in [0.29, 0.717) is 18.8 Å². The number of carbonyl (C=O) groups is 1. The van der Waals surface area contributed by atoms with Crippen LogP contribution in [-0.4, -0.2) is 62.3 Å². The molecule has 3 unspecified atom stereocenters. The highest BCUT2D eigenvalue weighted by Gasteiger charge is 2.42. The molecule has 0 bridgehead atoms. The second-order valence-corrected chi connectivity index (χ2v) is 11.6. The molecule has 7 nitrogen and oxygen atoms in total. The van der Waals surface area contributed by atoms with Crippen LogP contribution in [0.1, 0.15) is 104 Å². The van der Waals surface area contributed by atoms with E-state index < -0.39 is 6.10 Å². The van der Waals surface area contributed by atoms with Gasteiger partial charge >= 0.3 is 5.97 Å². The van der Waals surface area contributed by atoms with Gasteiger partial charge in [-0.25, -0.2) is 0 Å². The van der Waals surface area contributed by atoms with Crippen molar-refractivity contribution in [3.05, 3.63) is 24.3 Å². The standard InChI is InChI=1S/C32H54O7/c1-4-5-14-24(2)28(38-31-17-10-12-21-36-31)20-19-26-25(15-8-6-7-9-16-30(34)35-3)27(33)23-29(26)39-32-18-11-13-22-37-32/h6,8,19-20,24-29,31-33H,4-5,7,9-18,21-23H2,1-3H3/b8-6-,20-19+/t24?,25-,26-,27+,28-,29-,31?,32?/m1/s1. The van der Waals surface area contributed by atoms with Gasteiger partial charge in [-0.2, -0.15) is 0 Å². The average molecular weight is 551 g/mol. The molecule has 7 heteroatoms. The molecule has 3 aliphatic rings. The van der Waals surface area contributed by atoms with Crippen molar-refractivity contribution in [2.45, 2.75) is 135 Å². The lowest BCUT2D eigenvalue weighted by atomic mass is 9.88. The van der Waals surface area contributed by atoms with Gasteiger partial charge in [-0.1, -0.05) is 51.0 Å². The largest absolute Gasteiger partial charge is 0.469 e. The van der Waals surface area contributed by atoms with Crippen LogP contribution in [0.25, 0.3) is 0 Å². The molecule has 0 aromatic rings. The molecule has 8 atom stereocenters. The van der Waals surface area contributed by atoms with Crippen LogP contribution in [-0.2, 0) is 28.5 Å². The molecule has 0 amide bonds. The predicted molar refractivity (Wildman–Crippen MR) is 152 cm³/mol. The number of rotatable bonds is 16. The Hall–Kier alpha value is -1.25. The summed E-state index contributed by atoms with van der Waals surface area (Å²) in [5.41, 5.74) is 0. The number of esters is 1. The third-order valence-electron chi connectivity index (χ3n) is 8.45. The number of hydrogen-bond acceptors (Lipinski definition) is 7. The van der Waals surface area contributed by atoms with Crippen molar-refractivity contribution in [3.63, 3.8) is 0 Å². The highest BCUT2D eigenvalue weighted by Crippen LogP contribution is 2.40. The van der Waals surface area contributed by atoms with Crippen LogP contribution in [0, 0.1) is 17.8 Å². The van der Waals surface area contributed by atoms with Crippen LogP contribution >= 0.6 is 0 Å². The molecule has 2 heterocycles. The Balaban J connectivity index is 1.69. The highest BCUT2D eigenvalue weighted by atomic mass is 16.7. The van der Waals surface area contributed by atoms with E-state index >= 15 is 0 Å². The quantitative estimate of drug-likeness (QED) is 0.134. The third kappa shape index (κ3) is 11.3. The first-order chi connectivity index (χ1) is 19.0. The molecule has 0 radical (unpaired) electrons. The Kier molecular flexibility index (Phi) is 15.1. The van der Waals surface area contributed by atoms with E-state index in [-0.39, 0.29) is 42.6 Å². The highest BCUT2D eigenvalue weighted by molar-refractivity contribution is 5.69. The summed E-state index contributed by atoms with van der Waals surface area (Å²) >= 11 is 0. The summed E-state index contributed by atoms with van der Waals surface area (Å²) in [5.74, 6) is 0.340. The van der Waals surface area contributed by atoms with Gasteiger partial charge in [0.15, 0.2) is 12.6 Å². The zero-order valence-electron chi connectivity index (χ0n) is 24.6. The van der Waals surface area contributed by atoms with Crippen LogP contribution in [0.5, 0.6) is 0 Å². The fourth-order valence-electron chi connectivity index (χ4n) is 5.97. The summed E-state index contributed by atoms with van der Waals surface area (Å²) < 4.78 is 29.6. The van der Waals surface area contributed by atoms with Crippen molar-refractivity contribution in [3.8, 4) is 0 Å². The predicted octanol–water partition coefficient (Wildman–Crippen LogP) is 6.48. The molecular formula is C32H54O7. The Morgan fingerprint density at radius 2 is 1.79 bits per heavy atom. The van der Waals surface area contributed by atoms with Crippen molar-refractivity contribution in [2.75, 3.05) is 20.3 Å². The maximum Gasteiger partial charge on any atom is 0.305 e. The van der Waals surface area contributed by atoms with Gasteiger partial charge in [0.2, 0.25) is 0 Å². The van der Waals surface area contributed by atoms with E-state index in [9.17, 15) is 9.90 Å². The number of carbonyl (C=O) groups excluding carboxylic acids is 1. The van der Waals surface area contributed by atoms with E-state index in [1.807, 2.05) is 0 Å². The fourth-order valence-corrected chi connectivity index (χ4v) is 5.97. The van der Waals surface area contributed by atoms with Gasteiger partial charge < -0.3 is 28.8 Å². The number of aliphatic hydroxyl groups excluding tert-OH is 1. The third-order valence-corrected chi connectivity index (χ3v) is 8.45. The van der Waals surface area contributed by atoms with E-state index in [0.717, 1.165) is 77.4 Å². The van der Waals surface area contributed by atoms with Crippen LogP contribution in [0.4, 0.5) is 0 Å². The second kappa shape index (κ2) is 18.2. The summed E-state index contributed by atoms with van der Waals surface area (Å²) in [6.07, 6.45) is 21.0. The molecule has 3 fully saturated rings. The normalized spacial score (nSPS) is 31.6. The zero-order valence-corrected chi connectivity index (χ0v) is 24.6. The van der Waals surface area contributed by atoms with Crippen LogP contribution in [0.2, 0.25) is 0 Å². The Bertz CT molecular complexity index is 726. The monoisotopic (exact) mass is 550 g/mol. The molecule has 39 heavy (non-hydrogen) atoms. The Morgan fingerprint density at radius 1 is 1.05 bits per heavy atom. The van der Waals surface area contributed by atoms with Gasteiger partial charge in [0, 0.05) is 32.0 Å². The van der Waals surface area contributed by atoms with Gasteiger partial charge in [0.05, 0.1) is 25.4 Å². The minimum atomic E-state index is -0.438. The van der Waals surface area contributed by atoms with Crippen molar-refractivity contribution < 1.29 is 33.6 Å². The fraction of sp³-hybridized carbons (Fsp3) is 0.844. The van der Waals surface area contributed by atoms with Gasteiger partial charge in [0.1, 0.15) is 0 Å². The first kappa shape index (κ1) is 32.3. The van der Waals surface area contributed by atoms with Gasteiger partial charge in [-0.15, -0.1) is 0 Å². The average Bonchev–Trinajstić information content (AvgIpc) is 3.25. The lowest BCUT2D eigenvalue weighted by Gasteiger charge is -2.31. The molecule has 2 aliphatic heterocycles. The lowest BCUT2D eigenvalue weighted by molar-refractivity contribution is -0.193. The summed E-state index contributed by atoms with van der Waals surface area (Å²) in [6, 6.07) is 0. The summed E-state index contributed by atoms with van der Waals surface area (Å²) in [6.45, 7) is 6.01. The minimum absolute atomic E-state index is 0.0292. The maximum atomic E-state index is 11.4. The smallest absolute Gasteiger partial charge is 0.305 e. The molecular weight excluding hydrogens is 496 g/mol. The number of aliphatic hydroxyl groups is 1. The summed E-state index contributed by atoms with van der Waals surface area (Å²) in [4.78, 5) is 11.4. The van der Waals surface area contributed by atoms with Crippen molar-refractivity contribution >= 4 is 5.97 Å². The molecule has 0 aromatic carbocycles. The van der Waals surface area contributed by atoms with E-state index in [2.05, 4.69) is 38.2 Å².